The van der Waals surface area contributed by atoms with Crippen molar-refractivity contribution < 1.29 is 9.13 Å². The Balaban J connectivity index is 1.64. The van der Waals surface area contributed by atoms with Crippen LogP contribution in [0.3, 0.4) is 0 Å². The summed E-state index contributed by atoms with van der Waals surface area (Å²) in [5.74, 6) is 1.11. The molecule has 1 aromatic carbocycles. The van der Waals surface area contributed by atoms with E-state index < -0.39 is 0 Å². The highest BCUT2D eigenvalue weighted by Crippen LogP contribution is 2.33. The maximum Gasteiger partial charge on any atom is 0.166 e. The molecule has 1 aliphatic heterocycles. The van der Waals surface area contributed by atoms with E-state index >= 15 is 0 Å². The van der Waals surface area contributed by atoms with Gasteiger partial charge in [0.25, 0.3) is 0 Å². The Morgan fingerprint density at radius 1 is 1.25 bits per heavy atom. The zero-order valence-corrected chi connectivity index (χ0v) is 15.7. The SMILES string of the molecule is C=C1N[C@@H]2CCC[C@@H]2Oc2ccc(F)cc2[C@@H](C)Nc2ccn3ncc1c3n2. The molecule has 0 saturated heterocycles. The highest BCUT2D eigenvalue weighted by atomic mass is 19.1. The largest absolute Gasteiger partial charge is 0.488 e. The second kappa shape index (κ2) is 6.51. The quantitative estimate of drug-likeness (QED) is 0.620. The van der Waals surface area contributed by atoms with E-state index in [2.05, 4.69) is 22.3 Å². The van der Waals surface area contributed by atoms with Gasteiger partial charge in [-0.3, -0.25) is 0 Å². The maximum absolute atomic E-state index is 14.0. The van der Waals surface area contributed by atoms with Gasteiger partial charge in [0, 0.05) is 17.5 Å². The molecule has 6 nitrogen and oxygen atoms in total. The Morgan fingerprint density at radius 3 is 3.04 bits per heavy atom. The van der Waals surface area contributed by atoms with Gasteiger partial charge in [-0.2, -0.15) is 5.10 Å². The predicted molar refractivity (Wildman–Crippen MR) is 106 cm³/mol. The fraction of sp³-hybridized carbons (Fsp3) is 0.333. The Labute approximate surface area is 162 Å². The van der Waals surface area contributed by atoms with Crippen molar-refractivity contribution in [1.82, 2.24) is 19.9 Å². The van der Waals surface area contributed by atoms with Crippen molar-refractivity contribution in [1.29, 1.82) is 0 Å². The van der Waals surface area contributed by atoms with E-state index in [4.69, 9.17) is 9.72 Å². The third-order valence-corrected chi connectivity index (χ3v) is 5.59. The number of nitrogens with zero attached hydrogens (tertiary/aromatic N) is 3. The molecule has 1 aliphatic carbocycles. The van der Waals surface area contributed by atoms with Gasteiger partial charge < -0.3 is 15.4 Å². The number of ether oxygens (including phenoxy) is 1. The number of benzene rings is 1. The average Bonchev–Trinajstić information content (AvgIpc) is 3.29. The van der Waals surface area contributed by atoms with Crippen LogP contribution in [0.4, 0.5) is 10.2 Å². The molecular weight excluding hydrogens is 357 g/mol. The summed E-state index contributed by atoms with van der Waals surface area (Å²) < 4.78 is 22.1. The van der Waals surface area contributed by atoms with Crippen LogP contribution in [-0.2, 0) is 0 Å². The van der Waals surface area contributed by atoms with Gasteiger partial charge in [-0.25, -0.2) is 13.9 Å². The van der Waals surface area contributed by atoms with E-state index in [1.807, 2.05) is 19.2 Å². The number of rotatable bonds is 0. The molecule has 0 unspecified atom stereocenters. The molecular formula is C21H22FN5O. The van der Waals surface area contributed by atoms with Gasteiger partial charge >= 0.3 is 0 Å². The molecule has 1 fully saturated rings. The lowest BCUT2D eigenvalue weighted by Crippen LogP contribution is -2.38. The van der Waals surface area contributed by atoms with Crippen LogP contribution in [0, 0.1) is 5.82 Å². The Bertz CT molecular complexity index is 1060. The van der Waals surface area contributed by atoms with Crippen LogP contribution in [0.1, 0.15) is 43.4 Å². The third-order valence-electron chi connectivity index (χ3n) is 5.59. The topological polar surface area (TPSA) is 63.5 Å². The van der Waals surface area contributed by atoms with Crippen LogP contribution in [0.25, 0.3) is 11.3 Å². The summed E-state index contributed by atoms with van der Waals surface area (Å²) in [5, 5.41) is 11.3. The molecule has 0 radical (unpaired) electrons. The first kappa shape index (κ1) is 17.0. The summed E-state index contributed by atoms with van der Waals surface area (Å²) in [6.07, 6.45) is 6.63. The van der Waals surface area contributed by atoms with E-state index in [1.54, 1.807) is 16.8 Å². The minimum atomic E-state index is -0.281. The number of hydrogen-bond donors (Lipinski definition) is 2. The number of hydrogen-bond acceptors (Lipinski definition) is 5. The average molecular weight is 379 g/mol. The van der Waals surface area contributed by atoms with Gasteiger partial charge in [0.05, 0.1) is 23.8 Å². The molecule has 2 aromatic heterocycles. The molecule has 2 aliphatic rings. The normalized spacial score (nSPS) is 24.2. The molecule has 5 rings (SSSR count). The first-order valence-electron chi connectivity index (χ1n) is 9.61. The monoisotopic (exact) mass is 379 g/mol. The molecule has 3 aromatic rings. The predicted octanol–water partition coefficient (Wildman–Crippen LogP) is 3.92. The van der Waals surface area contributed by atoms with Gasteiger partial charge in [0.1, 0.15) is 23.5 Å². The van der Waals surface area contributed by atoms with Crippen molar-refractivity contribution >= 4 is 17.2 Å². The van der Waals surface area contributed by atoms with Crippen LogP contribution in [0.15, 0.2) is 43.2 Å². The van der Waals surface area contributed by atoms with Crippen LogP contribution < -0.4 is 15.4 Å². The number of anilines is 1. The van der Waals surface area contributed by atoms with E-state index in [9.17, 15) is 4.39 Å². The summed E-state index contributed by atoms with van der Waals surface area (Å²) in [6, 6.07) is 6.51. The van der Waals surface area contributed by atoms with Crippen LogP contribution in [0.2, 0.25) is 0 Å². The van der Waals surface area contributed by atoms with E-state index in [0.29, 0.717) is 11.6 Å². The molecule has 7 heteroatoms. The lowest BCUT2D eigenvalue weighted by Gasteiger charge is -2.26. The second-order valence-corrected chi connectivity index (χ2v) is 7.50. The molecule has 1 saturated carbocycles. The number of fused-ring (bicyclic) bond motifs is 3. The standard InChI is InChI=1S/C21H22FN5O/c1-12-15-10-14(22)6-7-18(15)28-19-5-3-4-17(19)24-13(2)16-11-23-27-9-8-20(25-12)26-21(16)27/h6-12,17,19,24H,2-5H2,1H3,(H,25,26)/t12-,17-,19+/m1/s1. The fourth-order valence-corrected chi connectivity index (χ4v) is 4.12. The van der Waals surface area contributed by atoms with Crippen molar-refractivity contribution in [2.24, 2.45) is 0 Å². The zero-order valence-electron chi connectivity index (χ0n) is 15.7. The molecule has 28 heavy (non-hydrogen) atoms. The summed E-state index contributed by atoms with van der Waals surface area (Å²) in [7, 11) is 0. The van der Waals surface area contributed by atoms with Gasteiger partial charge in [0.2, 0.25) is 0 Å². The maximum atomic E-state index is 14.0. The van der Waals surface area contributed by atoms with Crippen LogP contribution in [-0.4, -0.2) is 26.7 Å². The van der Waals surface area contributed by atoms with Crippen molar-refractivity contribution in [2.45, 2.75) is 44.4 Å². The number of nitrogens with one attached hydrogen (secondary N) is 2. The Morgan fingerprint density at radius 2 is 2.14 bits per heavy atom. The Hall–Kier alpha value is -3.09. The highest BCUT2D eigenvalue weighted by Gasteiger charge is 2.31. The first-order chi connectivity index (χ1) is 13.6. The van der Waals surface area contributed by atoms with Crippen LogP contribution >= 0.6 is 0 Å². The summed E-state index contributed by atoms with van der Waals surface area (Å²) in [5.41, 5.74) is 3.15. The lowest BCUT2D eigenvalue weighted by atomic mass is 10.1. The number of aromatic nitrogens is 3. The highest BCUT2D eigenvalue weighted by molar-refractivity contribution is 5.74. The van der Waals surface area contributed by atoms with Gasteiger partial charge in [-0.1, -0.05) is 6.58 Å². The third kappa shape index (κ3) is 2.87. The molecule has 3 atom stereocenters. The van der Waals surface area contributed by atoms with Crippen molar-refractivity contribution in [2.75, 3.05) is 5.32 Å². The molecule has 144 valence electrons. The van der Waals surface area contributed by atoms with Crippen molar-refractivity contribution in [3.63, 3.8) is 0 Å². The molecule has 3 heterocycles. The van der Waals surface area contributed by atoms with Crippen molar-refractivity contribution in [3.8, 4) is 5.75 Å². The van der Waals surface area contributed by atoms with E-state index in [-0.39, 0.29) is 24.0 Å². The minimum Gasteiger partial charge on any atom is -0.488 e. The Kier molecular flexibility index (Phi) is 3.96. The first-order valence-corrected chi connectivity index (χ1v) is 9.61. The van der Waals surface area contributed by atoms with E-state index in [0.717, 1.165) is 41.7 Å². The van der Waals surface area contributed by atoms with Crippen molar-refractivity contribution in [3.05, 3.63) is 60.2 Å². The summed E-state index contributed by atoms with van der Waals surface area (Å²) in [4.78, 5) is 4.72. The minimum absolute atomic E-state index is 0.00366. The second-order valence-electron chi connectivity index (χ2n) is 7.50. The number of halogens is 1. The smallest absolute Gasteiger partial charge is 0.166 e. The molecule has 2 bridgehead atoms. The molecule has 0 spiro atoms. The molecule has 0 amide bonds. The zero-order chi connectivity index (χ0) is 19.3. The fourth-order valence-electron chi connectivity index (χ4n) is 4.12. The van der Waals surface area contributed by atoms with Crippen LogP contribution in [0.5, 0.6) is 5.75 Å². The summed E-state index contributed by atoms with van der Waals surface area (Å²) >= 11 is 0. The molecule has 2 N–H and O–H groups in total. The lowest BCUT2D eigenvalue weighted by molar-refractivity contribution is 0.180. The van der Waals surface area contributed by atoms with Gasteiger partial charge in [-0.15, -0.1) is 0 Å². The summed E-state index contributed by atoms with van der Waals surface area (Å²) in [6.45, 7) is 6.20. The van der Waals surface area contributed by atoms with Gasteiger partial charge in [-0.05, 0) is 50.5 Å². The van der Waals surface area contributed by atoms with E-state index in [1.165, 1.54) is 12.1 Å². The van der Waals surface area contributed by atoms with Gasteiger partial charge in [0.15, 0.2) is 5.65 Å².